The van der Waals surface area contributed by atoms with Gasteiger partial charge in [-0.25, -0.2) is 8.78 Å². The number of halogens is 2. The van der Waals surface area contributed by atoms with Crippen LogP contribution < -0.4 is 0 Å². The first-order chi connectivity index (χ1) is 12.9. The van der Waals surface area contributed by atoms with Gasteiger partial charge in [-0.15, -0.1) is 0 Å². The molecular weight excluding hydrogens is 362 g/mol. The van der Waals surface area contributed by atoms with E-state index in [4.69, 9.17) is 14.2 Å². The minimum atomic E-state index is -1.10. The summed E-state index contributed by atoms with van der Waals surface area (Å²) in [6.45, 7) is 0.831. The fraction of sp³-hybridized carbons (Fsp3) is 0.556. The lowest BCUT2D eigenvalue weighted by atomic mass is 9.89. The fourth-order valence-corrected chi connectivity index (χ4v) is 3.53. The third-order valence-corrected chi connectivity index (χ3v) is 5.06. The van der Waals surface area contributed by atoms with Crippen molar-refractivity contribution in [3.63, 3.8) is 0 Å². The molecular formula is C18H22F2N2O5. The van der Waals surface area contributed by atoms with E-state index in [0.717, 1.165) is 18.2 Å². The highest BCUT2D eigenvalue weighted by molar-refractivity contribution is 5.91. The topological polar surface area (TPSA) is 68.3 Å². The van der Waals surface area contributed by atoms with Crippen molar-refractivity contribution >= 4 is 11.9 Å². The second-order valence-corrected chi connectivity index (χ2v) is 6.75. The Morgan fingerprint density at radius 3 is 2.37 bits per heavy atom. The molecule has 0 aromatic heterocycles. The number of nitrogens with zero attached hydrogens (tertiary/aromatic N) is 2. The number of hydrogen-bond donors (Lipinski definition) is 0. The molecule has 1 amide bonds. The van der Waals surface area contributed by atoms with Crippen LogP contribution in [-0.2, 0) is 23.8 Å². The number of likely N-dealkylation sites (N-methyl/N-ethyl adjacent to an activating group) is 1. The standard InChI is InChI=1S/C18H22F2N2O5/c1-21-8-15(12-5-13(19)7-14(20)6-12)22(9-16(23)25-2)17(24)18(21)10-26-3-4-27-11-18/h5-7,15H,3-4,8-11H2,1-2H3. The lowest BCUT2D eigenvalue weighted by Gasteiger charge is -2.50. The molecule has 0 N–H and O–H groups in total. The minimum Gasteiger partial charge on any atom is -0.468 e. The molecule has 2 aliphatic rings. The fourth-order valence-electron chi connectivity index (χ4n) is 3.53. The van der Waals surface area contributed by atoms with Crippen molar-refractivity contribution < 1.29 is 32.6 Å². The van der Waals surface area contributed by atoms with Gasteiger partial charge in [-0.3, -0.25) is 14.5 Å². The van der Waals surface area contributed by atoms with Gasteiger partial charge in [0.05, 0.1) is 39.6 Å². The molecule has 1 spiro atoms. The van der Waals surface area contributed by atoms with Gasteiger partial charge in [-0.2, -0.15) is 0 Å². The van der Waals surface area contributed by atoms with Crippen LogP contribution >= 0.6 is 0 Å². The minimum absolute atomic E-state index is 0.101. The van der Waals surface area contributed by atoms with Crippen LogP contribution in [0.1, 0.15) is 11.6 Å². The highest BCUT2D eigenvalue weighted by Crippen LogP contribution is 2.35. The molecule has 0 saturated carbocycles. The molecule has 1 aromatic rings. The molecule has 2 saturated heterocycles. The van der Waals surface area contributed by atoms with Gasteiger partial charge < -0.3 is 19.1 Å². The molecule has 0 radical (unpaired) electrons. The Hall–Kier alpha value is -2.10. The van der Waals surface area contributed by atoms with E-state index in [1.807, 2.05) is 0 Å². The number of methoxy groups -OCH3 is 1. The Morgan fingerprint density at radius 2 is 1.81 bits per heavy atom. The van der Waals surface area contributed by atoms with E-state index < -0.39 is 35.1 Å². The first-order valence-corrected chi connectivity index (χ1v) is 8.58. The van der Waals surface area contributed by atoms with E-state index >= 15 is 0 Å². The number of piperazine rings is 1. The van der Waals surface area contributed by atoms with Crippen molar-refractivity contribution in [2.45, 2.75) is 11.6 Å². The van der Waals surface area contributed by atoms with E-state index in [0.29, 0.717) is 13.2 Å². The molecule has 3 rings (SSSR count). The van der Waals surface area contributed by atoms with Gasteiger partial charge in [0.1, 0.15) is 23.7 Å². The zero-order valence-corrected chi connectivity index (χ0v) is 15.2. The Labute approximate surface area is 155 Å². The van der Waals surface area contributed by atoms with Crippen molar-refractivity contribution in [1.82, 2.24) is 9.80 Å². The largest absolute Gasteiger partial charge is 0.468 e. The lowest BCUT2D eigenvalue weighted by molar-refractivity contribution is -0.168. The monoisotopic (exact) mass is 384 g/mol. The number of ether oxygens (including phenoxy) is 3. The van der Waals surface area contributed by atoms with Crippen LogP contribution in [0, 0.1) is 11.6 Å². The van der Waals surface area contributed by atoms with Crippen LogP contribution in [0.4, 0.5) is 8.78 Å². The van der Waals surface area contributed by atoms with E-state index in [9.17, 15) is 18.4 Å². The number of esters is 1. The van der Waals surface area contributed by atoms with Crippen LogP contribution in [-0.4, -0.2) is 80.9 Å². The van der Waals surface area contributed by atoms with Crippen LogP contribution in [0.5, 0.6) is 0 Å². The van der Waals surface area contributed by atoms with Crippen LogP contribution in [0.15, 0.2) is 18.2 Å². The Balaban J connectivity index is 2.00. The Morgan fingerprint density at radius 1 is 1.22 bits per heavy atom. The summed E-state index contributed by atoms with van der Waals surface area (Å²) in [5.74, 6) is -2.53. The summed E-state index contributed by atoms with van der Waals surface area (Å²) in [6, 6.07) is 2.37. The number of benzene rings is 1. The SMILES string of the molecule is COC(=O)CN1C(=O)C2(COCCOC2)N(C)CC1c1cc(F)cc(F)c1. The highest BCUT2D eigenvalue weighted by Gasteiger charge is 2.53. The van der Waals surface area contributed by atoms with Crippen molar-refractivity contribution in [3.05, 3.63) is 35.4 Å². The highest BCUT2D eigenvalue weighted by atomic mass is 19.1. The summed E-state index contributed by atoms with van der Waals surface area (Å²) in [5.41, 5.74) is -0.839. The van der Waals surface area contributed by atoms with Gasteiger partial charge in [0, 0.05) is 12.6 Å². The van der Waals surface area contributed by atoms with E-state index in [1.165, 1.54) is 12.0 Å². The van der Waals surface area contributed by atoms with Crippen LogP contribution in [0.25, 0.3) is 0 Å². The van der Waals surface area contributed by atoms with Crippen molar-refractivity contribution in [1.29, 1.82) is 0 Å². The molecule has 2 heterocycles. The number of carbonyl (C=O) groups is 2. The number of hydrogen-bond acceptors (Lipinski definition) is 6. The molecule has 0 bridgehead atoms. The van der Waals surface area contributed by atoms with Gasteiger partial charge in [-0.1, -0.05) is 0 Å². The van der Waals surface area contributed by atoms with Crippen LogP contribution in [0.2, 0.25) is 0 Å². The maximum Gasteiger partial charge on any atom is 0.325 e. The lowest BCUT2D eigenvalue weighted by Crippen LogP contribution is -2.69. The number of carbonyl (C=O) groups excluding carboxylic acids is 2. The van der Waals surface area contributed by atoms with E-state index in [-0.39, 0.29) is 31.9 Å². The molecule has 2 fully saturated rings. The third-order valence-electron chi connectivity index (χ3n) is 5.06. The van der Waals surface area contributed by atoms with Gasteiger partial charge in [0.2, 0.25) is 5.91 Å². The molecule has 1 atom stereocenters. The average molecular weight is 384 g/mol. The van der Waals surface area contributed by atoms with Gasteiger partial charge in [-0.05, 0) is 24.7 Å². The Kier molecular flexibility index (Phi) is 5.73. The first kappa shape index (κ1) is 19.7. The molecule has 148 valence electrons. The second kappa shape index (κ2) is 7.87. The average Bonchev–Trinajstić information content (AvgIpc) is 2.88. The van der Waals surface area contributed by atoms with E-state index in [2.05, 4.69) is 0 Å². The third kappa shape index (κ3) is 3.80. The maximum absolute atomic E-state index is 13.7. The molecule has 1 aromatic carbocycles. The molecule has 27 heavy (non-hydrogen) atoms. The zero-order chi connectivity index (χ0) is 19.6. The van der Waals surface area contributed by atoms with Crippen LogP contribution in [0.3, 0.4) is 0 Å². The maximum atomic E-state index is 13.7. The van der Waals surface area contributed by atoms with Gasteiger partial charge in [0.25, 0.3) is 0 Å². The summed E-state index contributed by atoms with van der Waals surface area (Å²) in [4.78, 5) is 28.4. The smallest absolute Gasteiger partial charge is 0.325 e. The number of amides is 1. The van der Waals surface area contributed by atoms with Crippen molar-refractivity contribution in [3.8, 4) is 0 Å². The number of rotatable bonds is 3. The summed E-state index contributed by atoms with van der Waals surface area (Å²) < 4.78 is 43.3. The summed E-state index contributed by atoms with van der Waals surface area (Å²) in [6.07, 6.45) is 0. The normalized spacial score (nSPS) is 23.3. The molecule has 7 nitrogen and oxygen atoms in total. The van der Waals surface area contributed by atoms with Gasteiger partial charge >= 0.3 is 5.97 Å². The molecule has 2 aliphatic heterocycles. The molecule has 0 aliphatic carbocycles. The summed E-state index contributed by atoms with van der Waals surface area (Å²) in [7, 11) is 2.95. The molecule has 9 heteroatoms. The zero-order valence-electron chi connectivity index (χ0n) is 15.2. The summed E-state index contributed by atoms with van der Waals surface area (Å²) >= 11 is 0. The Bertz CT molecular complexity index is 701. The predicted molar refractivity (Wildman–Crippen MR) is 89.8 cm³/mol. The van der Waals surface area contributed by atoms with Crippen molar-refractivity contribution in [2.75, 3.05) is 53.7 Å². The van der Waals surface area contributed by atoms with E-state index in [1.54, 1.807) is 11.9 Å². The predicted octanol–water partition coefficient (Wildman–Crippen LogP) is 0.738. The van der Waals surface area contributed by atoms with Crippen molar-refractivity contribution in [2.24, 2.45) is 0 Å². The quantitative estimate of drug-likeness (QED) is 0.716. The molecule has 1 unspecified atom stereocenters. The first-order valence-electron chi connectivity index (χ1n) is 8.58. The summed E-state index contributed by atoms with van der Waals surface area (Å²) in [5, 5.41) is 0. The van der Waals surface area contributed by atoms with Gasteiger partial charge in [0.15, 0.2) is 0 Å². The second-order valence-electron chi connectivity index (χ2n) is 6.75.